The van der Waals surface area contributed by atoms with Gasteiger partial charge in [0, 0.05) is 19.3 Å². The van der Waals surface area contributed by atoms with Crippen LogP contribution in [0.15, 0.2) is 10.5 Å². The van der Waals surface area contributed by atoms with Crippen LogP contribution in [0.3, 0.4) is 0 Å². The zero-order chi connectivity index (χ0) is 14.4. The second-order valence-corrected chi connectivity index (χ2v) is 5.75. The molecule has 1 aromatic rings. The fraction of sp³-hybridized carbons (Fsp3) is 0.750. The zero-order valence-corrected chi connectivity index (χ0v) is 13.1. The van der Waals surface area contributed by atoms with Gasteiger partial charge in [-0.05, 0) is 51.4 Å². The van der Waals surface area contributed by atoms with Crippen LogP contribution < -0.4 is 5.32 Å². The number of nitrogens with zero attached hydrogens (tertiary/aromatic N) is 1. The standard InChI is InChI=1S/C16H28N2O2/c1-4-7-17-11-16-13(2)10-15(20-16)12-18(3)14-5-8-19-9-6-14/h10,14,17H,4-9,11-12H2,1-3H3. The van der Waals surface area contributed by atoms with Crippen LogP contribution in [0.2, 0.25) is 0 Å². The second-order valence-electron chi connectivity index (χ2n) is 5.75. The molecule has 0 saturated carbocycles. The maximum absolute atomic E-state index is 5.99. The smallest absolute Gasteiger partial charge is 0.120 e. The van der Waals surface area contributed by atoms with Gasteiger partial charge in [0.1, 0.15) is 11.5 Å². The minimum Gasteiger partial charge on any atom is -0.463 e. The molecule has 0 unspecified atom stereocenters. The maximum atomic E-state index is 5.99. The summed E-state index contributed by atoms with van der Waals surface area (Å²) in [5.41, 5.74) is 1.25. The van der Waals surface area contributed by atoms with E-state index in [2.05, 4.69) is 37.2 Å². The SMILES string of the molecule is CCCNCc1oc(CN(C)C2CCOCC2)cc1C. The van der Waals surface area contributed by atoms with E-state index in [1.165, 1.54) is 5.56 Å². The van der Waals surface area contributed by atoms with Crippen molar-refractivity contribution in [3.63, 3.8) is 0 Å². The Morgan fingerprint density at radius 2 is 2.10 bits per heavy atom. The maximum Gasteiger partial charge on any atom is 0.120 e. The van der Waals surface area contributed by atoms with Gasteiger partial charge in [-0.15, -0.1) is 0 Å². The molecule has 0 bridgehead atoms. The van der Waals surface area contributed by atoms with Crippen LogP contribution in [-0.2, 0) is 17.8 Å². The number of nitrogens with one attached hydrogen (secondary N) is 1. The lowest BCUT2D eigenvalue weighted by molar-refractivity contribution is 0.0386. The Morgan fingerprint density at radius 1 is 1.35 bits per heavy atom. The van der Waals surface area contributed by atoms with Crippen molar-refractivity contribution >= 4 is 0 Å². The Labute approximate surface area is 122 Å². The summed E-state index contributed by atoms with van der Waals surface area (Å²) in [6.07, 6.45) is 3.40. The summed E-state index contributed by atoms with van der Waals surface area (Å²) in [6, 6.07) is 2.80. The highest BCUT2D eigenvalue weighted by molar-refractivity contribution is 5.20. The van der Waals surface area contributed by atoms with E-state index >= 15 is 0 Å². The minimum absolute atomic E-state index is 0.621. The number of rotatable bonds is 7. The van der Waals surface area contributed by atoms with Crippen molar-refractivity contribution in [1.29, 1.82) is 0 Å². The molecule has 0 atom stereocenters. The number of furan rings is 1. The van der Waals surface area contributed by atoms with E-state index in [-0.39, 0.29) is 0 Å². The first-order valence-electron chi connectivity index (χ1n) is 7.77. The van der Waals surface area contributed by atoms with Gasteiger partial charge in [-0.1, -0.05) is 6.92 Å². The first-order valence-corrected chi connectivity index (χ1v) is 7.77. The number of hydrogen-bond acceptors (Lipinski definition) is 4. The first kappa shape index (κ1) is 15.5. The van der Waals surface area contributed by atoms with E-state index in [4.69, 9.17) is 9.15 Å². The van der Waals surface area contributed by atoms with Crippen LogP contribution in [0.1, 0.15) is 43.3 Å². The highest BCUT2D eigenvalue weighted by Crippen LogP contribution is 2.19. The molecule has 4 nitrogen and oxygen atoms in total. The highest BCUT2D eigenvalue weighted by atomic mass is 16.5. The molecule has 0 radical (unpaired) electrons. The Balaban J connectivity index is 1.87. The van der Waals surface area contributed by atoms with Crippen LogP contribution in [0.5, 0.6) is 0 Å². The lowest BCUT2D eigenvalue weighted by Gasteiger charge is -2.30. The van der Waals surface area contributed by atoms with E-state index in [1.807, 2.05) is 0 Å². The largest absolute Gasteiger partial charge is 0.463 e. The Kier molecular flexibility index (Phi) is 6.07. The van der Waals surface area contributed by atoms with Gasteiger partial charge in [-0.2, -0.15) is 0 Å². The van der Waals surface area contributed by atoms with E-state index in [9.17, 15) is 0 Å². The molecule has 4 heteroatoms. The van der Waals surface area contributed by atoms with Gasteiger partial charge in [0.05, 0.1) is 13.1 Å². The molecule has 1 aromatic heterocycles. The first-order chi connectivity index (χ1) is 9.70. The quantitative estimate of drug-likeness (QED) is 0.779. The van der Waals surface area contributed by atoms with Crippen molar-refractivity contribution < 1.29 is 9.15 Å². The third-order valence-electron chi connectivity index (χ3n) is 4.00. The van der Waals surface area contributed by atoms with Gasteiger partial charge in [-0.3, -0.25) is 4.90 Å². The Morgan fingerprint density at radius 3 is 2.80 bits per heavy atom. The lowest BCUT2D eigenvalue weighted by Crippen LogP contribution is -2.36. The number of aryl methyl sites for hydroxylation is 1. The van der Waals surface area contributed by atoms with E-state index in [0.717, 1.165) is 63.6 Å². The van der Waals surface area contributed by atoms with Gasteiger partial charge < -0.3 is 14.5 Å². The molecule has 1 saturated heterocycles. The summed E-state index contributed by atoms with van der Waals surface area (Å²) in [4.78, 5) is 2.39. The molecule has 1 N–H and O–H groups in total. The third kappa shape index (κ3) is 4.33. The average Bonchev–Trinajstić information content (AvgIpc) is 2.80. The van der Waals surface area contributed by atoms with Crippen LogP contribution >= 0.6 is 0 Å². The topological polar surface area (TPSA) is 37.6 Å². The van der Waals surface area contributed by atoms with Crippen molar-refractivity contribution in [3.8, 4) is 0 Å². The van der Waals surface area contributed by atoms with Gasteiger partial charge in [-0.25, -0.2) is 0 Å². The average molecular weight is 280 g/mol. The molecule has 1 aliphatic heterocycles. The number of ether oxygens (including phenoxy) is 1. The predicted octanol–water partition coefficient (Wildman–Crippen LogP) is 2.70. The molecular formula is C16H28N2O2. The molecule has 0 amide bonds. The van der Waals surface area contributed by atoms with Gasteiger partial charge >= 0.3 is 0 Å². The van der Waals surface area contributed by atoms with Crippen molar-refractivity contribution in [2.45, 2.75) is 52.2 Å². The fourth-order valence-electron chi connectivity index (χ4n) is 2.72. The van der Waals surface area contributed by atoms with Crippen LogP contribution in [0, 0.1) is 6.92 Å². The molecule has 0 aliphatic carbocycles. The summed E-state index contributed by atoms with van der Waals surface area (Å²) in [6.45, 7) is 8.84. The minimum atomic E-state index is 0.621. The van der Waals surface area contributed by atoms with Gasteiger partial charge in [0.25, 0.3) is 0 Å². The van der Waals surface area contributed by atoms with Crippen LogP contribution in [0.25, 0.3) is 0 Å². The number of hydrogen-bond donors (Lipinski definition) is 1. The molecular weight excluding hydrogens is 252 g/mol. The highest BCUT2D eigenvalue weighted by Gasteiger charge is 2.19. The summed E-state index contributed by atoms with van der Waals surface area (Å²) in [5, 5.41) is 3.40. The molecule has 0 spiro atoms. The van der Waals surface area contributed by atoms with Crippen molar-refractivity contribution in [3.05, 3.63) is 23.2 Å². The predicted molar refractivity (Wildman–Crippen MR) is 80.8 cm³/mol. The van der Waals surface area contributed by atoms with Gasteiger partial charge in [0.2, 0.25) is 0 Å². The van der Waals surface area contributed by atoms with Crippen molar-refractivity contribution in [2.75, 3.05) is 26.8 Å². The van der Waals surface area contributed by atoms with E-state index in [1.54, 1.807) is 0 Å². The molecule has 1 aliphatic rings. The third-order valence-corrected chi connectivity index (χ3v) is 4.00. The zero-order valence-electron chi connectivity index (χ0n) is 13.1. The Hall–Kier alpha value is -0.840. The van der Waals surface area contributed by atoms with Crippen LogP contribution in [0.4, 0.5) is 0 Å². The van der Waals surface area contributed by atoms with E-state index < -0.39 is 0 Å². The molecule has 20 heavy (non-hydrogen) atoms. The molecule has 0 aromatic carbocycles. The molecule has 2 rings (SSSR count). The van der Waals surface area contributed by atoms with Crippen LogP contribution in [-0.4, -0.2) is 37.7 Å². The Bertz CT molecular complexity index is 397. The normalized spacial score (nSPS) is 17.0. The molecule has 114 valence electrons. The second kappa shape index (κ2) is 7.81. The molecule has 2 heterocycles. The van der Waals surface area contributed by atoms with Crippen molar-refractivity contribution in [1.82, 2.24) is 10.2 Å². The summed E-state index contributed by atoms with van der Waals surface area (Å²) in [5.74, 6) is 2.15. The van der Waals surface area contributed by atoms with Gasteiger partial charge in [0.15, 0.2) is 0 Å². The summed E-state index contributed by atoms with van der Waals surface area (Å²) < 4.78 is 11.4. The fourth-order valence-corrected chi connectivity index (χ4v) is 2.72. The molecule has 1 fully saturated rings. The summed E-state index contributed by atoms with van der Waals surface area (Å²) >= 11 is 0. The monoisotopic (exact) mass is 280 g/mol. The lowest BCUT2D eigenvalue weighted by atomic mass is 10.1. The van der Waals surface area contributed by atoms with E-state index in [0.29, 0.717) is 6.04 Å². The summed E-state index contributed by atoms with van der Waals surface area (Å²) in [7, 11) is 2.18. The van der Waals surface area contributed by atoms with Crippen molar-refractivity contribution in [2.24, 2.45) is 0 Å².